The molecule has 3 rings (SSSR count). The normalized spacial score (nSPS) is 14.8. The summed E-state index contributed by atoms with van der Waals surface area (Å²) in [5, 5.41) is 9.59. The summed E-state index contributed by atoms with van der Waals surface area (Å²) in [5.41, 5.74) is 1.70. The minimum absolute atomic E-state index is 0.0337. The highest BCUT2D eigenvalue weighted by Gasteiger charge is 2.21. The summed E-state index contributed by atoms with van der Waals surface area (Å²) in [7, 11) is 0. The minimum Gasteiger partial charge on any atom is -0.481 e. The maximum Gasteiger partial charge on any atom is 0.313 e. The van der Waals surface area contributed by atoms with Crippen molar-refractivity contribution in [3.05, 3.63) is 18.3 Å². The van der Waals surface area contributed by atoms with Gasteiger partial charge >= 0.3 is 5.97 Å². The number of thioether (sulfide) groups is 1. The third kappa shape index (κ3) is 3.12. The van der Waals surface area contributed by atoms with Gasteiger partial charge in [-0.25, -0.2) is 9.97 Å². The lowest BCUT2D eigenvalue weighted by Crippen LogP contribution is -2.04. The maximum absolute atomic E-state index is 10.7. The summed E-state index contributed by atoms with van der Waals surface area (Å²) in [6.45, 7) is 0.867. The lowest BCUT2D eigenvalue weighted by molar-refractivity contribution is -0.133. The van der Waals surface area contributed by atoms with E-state index in [2.05, 4.69) is 14.5 Å². The summed E-state index contributed by atoms with van der Waals surface area (Å²) >= 11 is 1.27. The number of carbonyl (C=O) groups is 1. The van der Waals surface area contributed by atoms with E-state index in [1.807, 2.05) is 12.1 Å². The van der Waals surface area contributed by atoms with Crippen LogP contribution in [0.1, 0.15) is 25.7 Å². The topological polar surface area (TPSA) is 68.0 Å². The Labute approximate surface area is 121 Å². The van der Waals surface area contributed by atoms with E-state index in [0.29, 0.717) is 0 Å². The van der Waals surface area contributed by atoms with E-state index in [1.54, 1.807) is 6.20 Å². The molecule has 2 aromatic rings. The molecule has 0 atom stereocenters. The third-order valence-electron chi connectivity index (χ3n) is 3.48. The first kappa shape index (κ1) is 13.4. The van der Waals surface area contributed by atoms with E-state index in [-0.39, 0.29) is 5.75 Å². The van der Waals surface area contributed by atoms with Crippen molar-refractivity contribution in [1.82, 2.24) is 14.5 Å². The number of carboxylic acid groups (broad SMARTS) is 1. The molecule has 0 unspecified atom stereocenters. The van der Waals surface area contributed by atoms with Gasteiger partial charge in [-0.05, 0) is 30.9 Å². The largest absolute Gasteiger partial charge is 0.481 e. The Morgan fingerprint density at radius 3 is 3.10 bits per heavy atom. The zero-order chi connectivity index (χ0) is 13.9. The average Bonchev–Trinajstić information content (AvgIpc) is 3.18. The molecule has 0 amide bonds. The molecular formula is C14H17N3O2S. The number of pyridine rings is 1. The second-order valence-electron chi connectivity index (χ2n) is 5.16. The van der Waals surface area contributed by atoms with Crippen molar-refractivity contribution in [2.24, 2.45) is 5.92 Å². The number of rotatable bonds is 7. The van der Waals surface area contributed by atoms with Crippen LogP contribution in [-0.4, -0.2) is 31.4 Å². The molecule has 5 nitrogen and oxygen atoms in total. The van der Waals surface area contributed by atoms with Gasteiger partial charge in [0.2, 0.25) is 0 Å². The first-order valence-corrected chi connectivity index (χ1v) is 7.88. The molecular weight excluding hydrogens is 274 g/mol. The van der Waals surface area contributed by atoms with Crippen LogP contribution in [0, 0.1) is 5.92 Å². The number of aryl methyl sites for hydroxylation is 1. The van der Waals surface area contributed by atoms with Gasteiger partial charge in [0.15, 0.2) is 10.8 Å². The molecule has 0 saturated heterocycles. The molecule has 1 fully saturated rings. The fourth-order valence-electron chi connectivity index (χ4n) is 2.32. The lowest BCUT2D eigenvalue weighted by atomic mass is 10.2. The quantitative estimate of drug-likeness (QED) is 0.794. The van der Waals surface area contributed by atoms with Gasteiger partial charge in [-0.1, -0.05) is 24.6 Å². The van der Waals surface area contributed by atoms with Crippen LogP contribution in [0.3, 0.4) is 0 Å². The first-order chi connectivity index (χ1) is 9.74. The molecule has 1 aliphatic rings. The van der Waals surface area contributed by atoms with E-state index in [9.17, 15) is 4.79 Å². The van der Waals surface area contributed by atoms with E-state index in [0.717, 1.165) is 35.2 Å². The maximum atomic E-state index is 10.7. The number of imidazole rings is 1. The van der Waals surface area contributed by atoms with Gasteiger partial charge in [0.1, 0.15) is 5.52 Å². The van der Waals surface area contributed by atoms with Crippen LogP contribution in [0.15, 0.2) is 23.5 Å². The van der Waals surface area contributed by atoms with Gasteiger partial charge in [0.25, 0.3) is 0 Å². The van der Waals surface area contributed by atoms with Crippen molar-refractivity contribution in [2.45, 2.75) is 37.4 Å². The molecule has 0 aliphatic heterocycles. The van der Waals surface area contributed by atoms with E-state index >= 15 is 0 Å². The molecule has 0 bridgehead atoms. The molecule has 0 aromatic carbocycles. The Bertz CT molecular complexity index is 622. The average molecular weight is 291 g/mol. The number of hydrogen-bond donors (Lipinski definition) is 1. The van der Waals surface area contributed by atoms with E-state index in [1.165, 1.54) is 31.0 Å². The zero-order valence-electron chi connectivity index (χ0n) is 11.2. The Hall–Kier alpha value is -1.56. The molecule has 20 heavy (non-hydrogen) atoms. The van der Waals surface area contributed by atoms with Crippen LogP contribution in [0.5, 0.6) is 0 Å². The minimum atomic E-state index is -0.820. The Balaban J connectivity index is 1.79. The molecule has 106 valence electrons. The number of aromatic nitrogens is 3. The van der Waals surface area contributed by atoms with Gasteiger partial charge in [0.05, 0.1) is 5.75 Å². The molecule has 1 N–H and O–H groups in total. The fourth-order valence-corrected chi connectivity index (χ4v) is 3.07. The summed E-state index contributed by atoms with van der Waals surface area (Å²) < 4.78 is 2.06. The third-order valence-corrected chi connectivity index (χ3v) is 4.45. The molecule has 1 aliphatic carbocycles. The van der Waals surface area contributed by atoms with Crippen LogP contribution in [0.2, 0.25) is 0 Å². The van der Waals surface area contributed by atoms with Gasteiger partial charge in [0, 0.05) is 12.7 Å². The number of nitrogens with zero attached hydrogens (tertiary/aromatic N) is 3. The highest BCUT2D eigenvalue weighted by Crippen LogP contribution is 2.34. The summed E-state index contributed by atoms with van der Waals surface area (Å²) in [5.74, 6) is 0.124. The summed E-state index contributed by atoms with van der Waals surface area (Å²) in [4.78, 5) is 19.6. The standard InChI is InChI=1S/C14H17N3O2S/c18-12(19)9-20-14-16-11-4-1-7-15-13(11)17(14)8-2-3-10-5-6-10/h1,4,7,10H,2-3,5-6,8-9H2,(H,18,19). The predicted octanol–water partition coefficient (Wildman–Crippen LogP) is 2.80. The van der Waals surface area contributed by atoms with Crippen molar-refractivity contribution in [3.63, 3.8) is 0 Å². The van der Waals surface area contributed by atoms with Crippen molar-refractivity contribution in [2.75, 3.05) is 5.75 Å². The van der Waals surface area contributed by atoms with Crippen LogP contribution in [-0.2, 0) is 11.3 Å². The van der Waals surface area contributed by atoms with Gasteiger partial charge in [-0.15, -0.1) is 0 Å². The molecule has 6 heteroatoms. The molecule has 2 aromatic heterocycles. The Kier molecular flexibility index (Phi) is 3.91. The Morgan fingerprint density at radius 1 is 1.50 bits per heavy atom. The number of hydrogen-bond acceptors (Lipinski definition) is 4. The molecule has 0 spiro atoms. The van der Waals surface area contributed by atoms with Crippen molar-refractivity contribution < 1.29 is 9.90 Å². The predicted molar refractivity (Wildman–Crippen MR) is 77.8 cm³/mol. The van der Waals surface area contributed by atoms with Gasteiger partial charge < -0.3 is 9.67 Å². The van der Waals surface area contributed by atoms with E-state index in [4.69, 9.17) is 5.11 Å². The van der Waals surface area contributed by atoms with E-state index < -0.39 is 5.97 Å². The summed E-state index contributed by atoms with van der Waals surface area (Å²) in [6.07, 6.45) is 6.84. The zero-order valence-corrected chi connectivity index (χ0v) is 12.0. The highest BCUT2D eigenvalue weighted by atomic mass is 32.2. The molecule has 2 heterocycles. The van der Waals surface area contributed by atoms with Crippen LogP contribution in [0.25, 0.3) is 11.2 Å². The highest BCUT2D eigenvalue weighted by molar-refractivity contribution is 7.99. The summed E-state index contributed by atoms with van der Waals surface area (Å²) in [6, 6.07) is 3.78. The van der Waals surface area contributed by atoms with Crippen LogP contribution >= 0.6 is 11.8 Å². The van der Waals surface area contributed by atoms with Crippen molar-refractivity contribution >= 4 is 28.9 Å². The second-order valence-corrected chi connectivity index (χ2v) is 6.10. The molecule has 0 radical (unpaired) electrons. The number of aliphatic carboxylic acids is 1. The fraction of sp³-hybridized carbons (Fsp3) is 0.500. The van der Waals surface area contributed by atoms with Crippen LogP contribution < -0.4 is 0 Å². The SMILES string of the molecule is O=C(O)CSc1nc2cccnc2n1CCCC1CC1. The first-order valence-electron chi connectivity index (χ1n) is 6.90. The number of fused-ring (bicyclic) bond motifs is 1. The smallest absolute Gasteiger partial charge is 0.313 e. The Morgan fingerprint density at radius 2 is 2.35 bits per heavy atom. The number of carboxylic acids is 1. The lowest BCUT2D eigenvalue weighted by Gasteiger charge is -2.07. The monoisotopic (exact) mass is 291 g/mol. The second kappa shape index (κ2) is 5.83. The van der Waals surface area contributed by atoms with Gasteiger partial charge in [-0.3, -0.25) is 4.79 Å². The molecule has 1 saturated carbocycles. The van der Waals surface area contributed by atoms with Gasteiger partial charge in [-0.2, -0.15) is 0 Å². The van der Waals surface area contributed by atoms with Crippen LogP contribution in [0.4, 0.5) is 0 Å². The van der Waals surface area contributed by atoms with Crippen molar-refractivity contribution in [1.29, 1.82) is 0 Å². The van der Waals surface area contributed by atoms with Crippen molar-refractivity contribution in [3.8, 4) is 0 Å².